The molecule has 1 aromatic rings. The Morgan fingerprint density at radius 3 is 2.50 bits per heavy atom. The molecule has 0 atom stereocenters. The first-order chi connectivity index (χ1) is 9.63. The van der Waals surface area contributed by atoms with Crippen molar-refractivity contribution in [3.05, 3.63) is 23.3 Å². The highest BCUT2D eigenvalue weighted by Gasteiger charge is 2.18. The highest BCUT2D eigenvalue weighted by Crippen LogP contribution is 2.29. The number of benzene rings is 1. The van der Waals surface area contributed by atoms with Gasteiger partial charge in [-0.25, -0.2) is 4.79 Å². The predicted octanol–water partition coefficient (Wildman–Crippen LogP) is 1.79. The standard InChI is InChI=1S/C14H20O6/c1-10-7-11(17-3)8-12(13(10)14(15)18-4)20-9-19-6-5-16-2/h7-8H,5-6,9H2,1-4H3. The smallest absolute Gasteiger partial charge is 0.341 e. The van der Waals surface area contributed by atoms with Gasteiger partial charge in [0.2, 0.25) is 0 Å². The molecule has 0 aliphatic heterocycles. The summed E-state index contributed by atoms with van der Waals surface area (Å²) in [6, 6.07) is 3.36. The Morgan fingerprint density at radius 1 is 1.15 bits per heavy atom. The van der Waals surface area contributed by atoms with Crippen molar-refractivity contribution in [2.45, 2.75) is 6.92 Å². The molecule has 0 aromatic heterocycles. The molecular weight excluding hydrogens is 264 g/mol. The van der Waals surface area contributed by atoms with Crippen LogP contribution in [-0.2, 0) is 14.2 Å². The van der Waals surface area contributed by atoms with Gasteiger partial charge >= 0.3 is 5.97 Å². The molecule has 0 amide bonds. The Kier molecular flexibility index (Phi) is 6.83. The van der Waals surface area contributed by atoms with Gasteiger partial charge in [-0.05, 0) is 18.6 Å². The van der Waals surface area contributed by atoms with E-state index >= 15 is 0 Å². The van der Waals surface area contributed by atoms with E-state index in [1.807, 2.05) is 0 Å². The molecule has 0 saturated carbocycles. The lowest BCUT2D eigenvalue weighted by Gasteiger charge is -2.14. The summed E-state index contributed by atoms with van der Waals surface area (Å²) >= 11 is 0. The third-order valence-corrected chi connectivity index (χ3v) is 2.63. The lowest BCUT2D eigenvalue weighted by molar-refractivity contribution is -0.00916. The molecule has 0 N–H and O–H groups in total. The second-order valence-corrected chi connectivity index (χ2v) is 3.97. The average Bonchev–Trinajstić information content (AvgIpc) is 2.45. The first-order valence-corrected chi connectivity index (χ1v) is 6.10. The normalized spacial score (nSPS) is 10.2. The van der Waals surface area contributed by atoms with Crippen LogP contribution in [0, 0.1) is 6.92 Å². The number of aryl methyl sites for hydroxylation is 1. The summed E-state index contributed by atoms with van der Waals surface area (Å²) in [5.41, 5.74) is 1.08. The van der Waals surface area contributed by atoms with Crippen LogP contribution >= 0.6 is 0 Å². The summed E-state index contributed by atoms with van der Waals surface area (Å²) in [5, 5.41) is 0. The van der Waals surface area contributed by atoms with Crippen molar-refractivity contribution in [2.24, 2.45) is 0 Å². The second-order valence-electron chi connectivity index (χ2n) is 3.97. The zero-order valence-electron chi connectivity index (χ0n) is 12.2. The molecule has 20 heavy (non-hydrogen) atoms. The van der Waals surface area contributed by atoms with E-state index in [0.717, 1.165) is 0 Å². The summed E-state index contributed by atoms with van der Waals surface area (Å²) in [5.74, 6) is 0.505. The summed E-state index contributed by atoms with van der Waals surface area (Å²) in [6.07, 6.45) is 0. The summed E-state index contributed by atoms with van der Waals surface area (Å²) in [6.45, 7) is 2.69. The maximum atomic E-state index is 11.8. The van der Waals surface area contributed by atoms with Gasteiger partial charge in [0.1, 0.15) is 17.1 Å². The van der Waals surface area contributed by atoms with Crippen molar-refractivity contribution in [1.29, 1.82) is 0 Å². The number of esters is 1. The minimum atomic E-state index is -0.461. The molecule has 0 bridgehead atoms. The van der Waals surface area contributed by atoms with E-state index in [9.17, 15) is 4.79 Å². The van der Waals surface area contributed by atoms with Gasteiger partial charge in [-0.1, -0.05) is 0 Å². The Hall–Kier alpha value is -1.79. The minimum absolute atomic E-state index is 0.0139. The van der Waals surface area contributed by atoms with Gasteiger partial charge in [-0.2, -0.15) is 0 Å². The number of methoxy groups -OCH3 is 3. The topological polar surface area (TPSA) is 63.2 Å². The van der Waals surface area contributed by atoms with Gasteiger partial charge in [0.05, 0.1) is 27.4 Å². The quantitative estimate of drug-likeness (QED) is 0.412. The molecule has 0 aliphatic carbocycles. The average molecular weight is 284 g/mol. The molecule has 0 saturated heterocycles. The molecule has 0 radical (unpaired) electrons. The summed E-state index contributed by atoms with van der Waals surface area (Å²) < 4.78 is 25.5. The van der Waals surface area contributed by atoms with E-state index in [-0.39, 0.29) is 6.79 Å². The van der Waals surface area contributed by atoms with Crippen LogP contribution in [0.3, 0.4) is 0 Å². The molecular formula is C14H20O6. The molecule has 1 aromatic carbocycles. The molecule has 1 rings (SSSR count). The Balaban J connectivity index is 2.84. The molecule has 112 valence electrons. The van der Waals surface area contributed by atoms with Crippen LogP contribution in [0.15, 0.2) is 12.1 Å². The SMILES string of the molecule is COCCOCOc1cc(OC)cc(C)c1C(=O)OC. The highest BCUT2D eigenvalue weighted by molar-refractivity contribution is 5.94. The first-order valence-electron chi connectivity index (χ1n) is 6.10. The number of carbonyl (C=O) groups excluding carboxylic acids is 1. The van der Waals surface area contributed by atoms with E-state index in [0.29, 0.717) is 35.8 Å². The van der Waals surface area contributed by atoms with Crippen molar-refractivity contribution in [1.82, 2.24) is 0 Å². The van der Waals surface area contributed by atoms with Gasteiger partial charge in [0, 0.05) is 13.2 Å². The van der Waals surface area contributed by atoms with E-state index < -0.39 is 5.97 Å². The monoisotopic (exact) mass is 284 g/mol. The van der Waals surface area contributed by atoms with Crippen LogP contribution in [0.4, 0.5) is 0 Å². The molecule has 0 heterocycles. The van der Waals surface area contributed by atoms with Crippen molar-refractivity contribution in [2.75, 3.05) is 41.3 Å². The fourth-order valence-corrected chi connectivity index (χ4v) is 1.62. The van der Waals surface area contributed by atoms with E-state index in [1.54, 1.807) is 33.3 Å². The fourth-order valence-electron chi connectivity index (χ4n) is 1.62. The molecule has 0 unspecified atom stereocenters. The maximum absolute atomic E-state index is 11.8. The third-order valence-electron chi connectivity index (χ3n) is 2.63. The van der Waals surface area contributed by atoms with Gasteiger partial charge in [0.15, 0.2) is 6.79 Å². The van der Waals surface area contributed by atoms with E-state index in [2.05, 4.69) is 0 Å². The lowest BCUT2D eigenvalue weighted by Crippen LogP contribution is -2.12. The van der Waals surface area contributed by atoms with Crippen molar-refractivity contribution in [3.63, 3.8) is 0 Å². The van der Waals surface area contributed by atoms with Gasteiger partial charge in [-0.15, -0.1) is 0 Å². The van der Waals surface area contributed by atoms with Crippen LogP contribution in [0.2, 0.25) is 0 Å². The number of rotatable bonds is 8. The number of hydrogen-bond donors (Lipinski definition) is 0. The van der Waals surface area contributed by atoms with Crippen molar-refractivity contribution in [3.8, 4) is 11.5 Å². The van der Waals surface area contributed by atoms with Crippen LogP contribution in [0.25, 0.3) is 0 Å². The fraction of sp³-hybridized carbons (Fsp3) is 0.500. The zero-order valence-corrected chi connectivity index (χ0v) is 12.2. The summed E-state index contributed by atoms with van der Waals surface area (Å²) in [7, 11) is 4.46. The van der Waals surface area contributed by atoms with Gasteiger partial charge in [-0.3, -0.25) is 0 Å². The van der Waals surface area contributed by atoms with E-state index in [4.69, 9.17) is 23.7 Å². The first kappa shape index (κ1) is 16.3. The number of carbonyl (C=O) groups is 1. The molecule has 0 fully saturated rings. The summed E-state index contributed by atoms with van der Waals surface area (Å²) in [4.78, 5) is 11.8. The molecule has 6 nitrogen and oxygen atoms in total. The van der Waals surface area contributed by atoms with Gasteiger partial charge < -0.3 is 23.7 Å². The van der Waals surface area contributed by atoms with Crippen molar-refractivity contribution < 1.29 is 28.5 Å². The largest absolute Gasteiger partial charge is 0.497 e. The zero-order chi connectivity index (χ0) is 15.0. The Bertz CT molecular complexity index is 444. The van der Waals surface area contributed by atoms with Crippen LogP contribution in [0.1, 0.15) is 15.9 Å². The molecule has 6 heteroatoms. The number of hydrogen-bond acceptors (Lipinski definition) is 6. The third kappa shape index (κ3) is 4.40. The van der Waals surface area contributed by atoms with Crippen molar-refractivity contribution >= 4 is 5.97 Å². The molecule has 0 spiro atoms. The Morgan fingerprint density at radius 2 is 1.90 bits per heavy atom. The Labute approximate surface area is 118 Å². The van der Waals surface area contributed by atoms with Crippen LogP contribution in [-0.4, -0.2) is 47.3 Å². The lowest BCUT2D eigenvalue weighted by atomic mass is 10.1. The van der Waals surface area contributed by atoms with Crippen LogP contribution in [0.5, 0.6) is 11.5 Å². The highest BCUT2D eigenvalue weighted by atomic mass is 16.7. The van der Waals surface area contributed by atoms with Gasteiger partial charge in [0.25, 0.3) is 0 Å². The maximum Gasteiger partial charge on any atom is 0.341 e. The molecule has 0 aliphatic rings. The number of ether oxygens (including phenoxy) is 5. The predicted molar refractivity (Wildman–Crippen MR) is 72.4 cm³/mol. The van der Waals surface area contributed by atoms with E-state index in [1.165, 1.54) is 7.11 Å². The minimum Gasteiger partial charge on any atom is -0.497 e. The van der Waals surface area contributed by atoms with Crippen LogP contribution < -0.4 is 9.47 Å². The second kappa shape index (κ2) is 8.39.